The molecule has 1 aromatic heterocycles. The molecule has 0 N–H and O–H groups in total. The van der Waals surface area contributed by atoms with Crippen molar-refractivity contribution in [1.82, 2.24) is 4.98 Å². The number of ether oxygens (including phenoxy) is 1. The first-order valence-corrected chi connectivity index (χ1v) is 7.09. The highest BCUT2D eigenvalue weighted by Crippen LogP contribution is 2.26. The average molecular weight is 267 g/mol. The van der Waals surface area contributed by atoms with Crippen LogP contribution in [0.15, 0.2) is 48.7 Å². The summed E-state index contributed by atoms with van der Waals surface area (Å²) in [5.41, 5.74) is 3.31. The SMILES string of the molecule is CC/C=C/c1cc(-c2ccccc2)cnc1OC(C)C. The lowest BCUT2D eigenvalue weighted by atomic mass is 10.1. The third kappa shape index (κ3) is 3.70. The molecule has 1 aromatic carbocycles. The molecule has 0 bridgehead atoms. The minimum atomic E-state index is 0.124. The average Bonchev–Trinajstić information content (AvgIpc) is 2.46. The van der Waals surface area contributed by atoms with Gasteiger partial charge in [0, 0.05) is 17.3 Å². The standard InChI is InChI=1S/C18H21NO/c1-4-5-9-16-12-17(15-10-7-6-8-11-15)13-19-18(16)20-14(2)3/h5-14H,4H2,1-3H3/b9-5+. The van der Waals surface area contributed by atoms with Crippen molar-refractivity contribution in [3.8, 4) is 17.0 Å². The number of hydrogen-bond donors (Lipinski definition) is 0. The third-order valence-electron chi connectivity index (χ3n) is 2.87. The second kappa shape index (κ2) is 6.90. The molecule has 2 aromatic rings. The Morgan fingerprint density at radius 2 is 1.90 bits per heavy atom. The lowest BCUT2D eigenvalue weighted by molar-refractivity contribution is 0.232. The van der Waals surface area contributed by atoms with Crippen molar-refractivity contribution in [3.05, 3.63) is 54.2 Å². The second-order valence-electron chi connectivity index (χ2n) is 4.96. The maximum atomic E-state index is 5.77. The van der Waals surface area contributed by atoms with E-state index in [-0.39, 0.29) is 6.10 Å². The number of pyridine rings is 1. The van der Waals surface area contributed by atoms with Gasteiger partial charge in [-0.25, -0.2) is 4.98 Å². The number of benzene rings is 1. The number of hydrogen-bond acceptors (Lipinski definition) is 2. The van der Waals surface area contributed by atoms with Crippen LogP contribution in [-0.4, -0.2) is 11.1 Å². The van der Waals surface area contributed by atoms with Gasteiger partial charge in [-0.05, 0) is 31.9 Å². The first kappa shape index (κ1) is 14.3. The molecule has 0 unspecified atom stereocenters. The van der Waals surface area contributed by atoms with Gasteiger partial charge in [-0.15, -0.1) is 0 Å². The van der Waals surface area contributed by atoms with Crippen molar-refractivity contribution in [1.29, 1.82) is 0 Å². The Balaban J connectivity index is 2.40. The minimum absolute atomic E-state index is 0.124. The Morgan fingerprint density at radius 3 is 2.55 bits per heavy atom. The third-order valence-corrected chi connectivity index (χ3v) is 2.87. The monoisotopic (exact) mass is 267 g/mol. The fourth-order valence-electron chi connectivity index (χ4n) is 1.94. The van der Waals surface area contributed by atoms with Crippen LogP contribution in [0.25, 0.3) is 17.2 Å². The minimum Gasteiger partial charge on any atom is -0.475 e. The van der Waals surface area contributed by atoms with E-state index in [9.17, 15) is 0 Å². The smallest absolute Gasteiger partial charge is 0.220 e. The molecule has 0 fully saturated rings. The van der Waals surface area contributed by atoms with Gasteiger partial charge in [-0.3, -0.25) is 0 Å². The second-order valence-corrected chi connectivity index (χ2v) is 4.96. The van der Waals surface area contributed by atoms with E-state index in [1.807, 2.05) is 38.2 Å². The fraction of sp³-hybridized carbons (Fsp3) is 0.278. The van der Waals surface area contributed by atoms with Gasteiger partial charge in [0.1, 0.15) is 0 Å². The molecule has 2 heteroatoms. The molecule has 0 amide bonds. The van der Waals surface area contributed by atoms with Crippen LogP contribution in [-0.2, 0) is 0 Å². The van der Waals surface area contributed by atoms with Crippen molar-refractivity contribution >= 4 is 6.08 Å². The van der Waals surface area contributed by atoms with Gasteiger partial charge in [0.25, 0.3) is 0 Å². The number of rotatable bonds is 5. The van der Waals surface area contributed by atoms with Gasteiger partial charge in [-0.1, -0.05) is 49.4 Å². The molecule has 2 nitrogen and oxygen atoms in total. The van der Waals surface area contributed by atoms with Crippen LogP contribution in [0, 0.1) is 0 Å². The summed E-state index contributed by atoms with van der Waals surface area (Å²) < 4.78 is 5.77. The summed E-state index contributed by atoms with van der Waals surface area (Å²) in [6, 6.07) is 12.4. The van der Waals surface area contributed by atoms with E-state index in [0.29, 0.717) is 5.88 Å². The molecule has 0 saturated heterocycles. The lowest BCUT2D eigenvalue weighted by Crippen LogP contribution is -2.08. The maximum Gasteiger partial charge on any atom is 0.220 e. The Morgan fingerprint density at radius 1 is 1.15 bits per heavy atom. The quantitative estimate of drug-likeness (QED) is 0.764. The van der Waals surface area contributed by atoms with Gasteiger partial charge in [0.15, 0.2) is 0 Å². The maximum absolute atomic E-state index is 5.77. The molecule has 1 heterocycles. The zero-order valence-corrected chi connectivity index (χ0v) is 12.3. The van der Waals surface area contributed by atoms with Gasteiger partial charge in [-0.2, -0.15) is 0 Å². The van der Waals surface area contributed by atoms with E-state index in [4.69, 9.17) is 4.74 Å². The summed E-state index contributed by atoms with van der Waals surface area (Å²) in [6.07, 6.45) is 7.20. The van der Waals surface area contributed by atoms with E-state index in [1.54, 1.807) is 0 Å². The summed E-state index contributed by atoms with van der Waals surface area (Å²) in [4.78, 5) is 4.47. The number of allylic oxidation sites excluding steroid dienone is 1. The van der Waals surface area contributed by atoms with Crippen molar-refractivity contribution in [3.63, 3.8) is 0 Å². The first-order chi connectivity index (χ1) is 9.70. The topological polar surface area (TPSA) is 22.1 Å². The summed E-state index contributed by atoms with van der Waals surface area (Å²) in [6.45, 7) is 6.15. The van der Waals surface area contributed by atoms with Crippen LogP contribution in [0.2, 0.25) is 0 Å². The molecule has 0 aliphatic heterocycles. The van der Waals surface area contributed by atoms with Gasteiger partial charge >= 0.3 is 0 Å². The molecule has 0 radical (unpaired) electrons. The molecular weight excluding hydrogens is 246 g/mol. The van der Waals surface area contributed by atoms with E-state index in [2.05, 4.69) is 42.3 Å². The fourth-order valence-corrected chi connectivity index (χ4v) is 1.94. The summed E-state index contributed by atoms with van der Waals surface area (Å²) in [5.74, 6) is 0.699. The van der Waals surface area contributed by atoms with Gasteiger partial charge in [0.2, 0.25) is 5.88 Å². The summed E-state index contributed by atoms with van der Waals surface area (Å²) in [7, 11) is 0. The highest BCUT2D eigenvalue weighted by molar-refractivity contribution is 5.68. The Hall–Kier alpha value is -2.09. The highest BCUT2D eigenvalue weighted by atomic mass is 16.5. The van der Waals surface area contributed by atoms with Crippen LogP contribution >= 0.6 is 0 Å². The molecule has 0 aliphatic rings. The van der Waals surface area contributed by atoms with Gasteiger partial charge < -0.3 is 4.74 Å². The molecule has 0 atom stereocenters. The molecular formula is C18H21NO. The van der Waals surface area contributed by atoms with Crippen molar-refractivity contribution in [2.45, 2.75) is 33.3 Å². The predicted octanol–water partition coefficient (Wildman–Crippen LogP) is 4.96. The molecule has 0 saturated carbocycles. The van der Waals surface area contributed by atoms with E-state index in [0.717, 1.165) is 17.5 Å². The Kier molecular flexibility index (Phi) is 4.94. The zero-order valence-electron chi connectivity index (χ0n) is 12.3. The predicted molar refractivity (Wildman–Crippen MR) is 84.8 cm³/mol. The Labute approximate surface area is 121 Å². The van der Waals surface area contributed by atoms with Gasteiger partial charge in [0.05, 0.1) is 6.10 Å². The van der Waals surface area contributed by atoms with Crippen LogP contribution < -0.4 is 4.74 Å². The molecule has 20 heavy (non-hydrogen) atoms. The van der Waals surface area contributed by atoms with E-state index >= 15 is 0 Å². The molecule has 104 valence electrons. The van der Waals surface area contributed by atoms with Crippen LogP contribution in [0.1, 0.15) is 32.8 Å². The van der Waals surface area contributed by atoms with Crippen molar-refractivity contribution in [2.75, 3.05) is 0 Å². The normalized spacial score (nSPS) is 11.2. The summed E-state index contributed by atoms with van der Waals surface area (Å²) >= 11 is 0. The van der Waals surface area contributed by atoms with Crippen molar-refractivity contribution in [2.24, 2.45) is 0 Å². The summed E-state index contributed by atoms with van der Waals surface area (Å²) in [5, 5.41) is 0. The molecule has 0 spiro atoms. The first-order valence-electron chi connectivity index (χ1n) is 7.09. The van der Waals surface area contributed by atoms with Crippen LogP contribution in [0.3, 0.4) is 0 Å². The highest BCUT2D eigenvalue weighted by Gasteiger charge is 2.07. The molecule has 2 rings (SSSR count). The number of aromatic nitrogens is 1. The number of nitrogens with zero attached hydrogens (tertiary/aromatic N) is 1. The molecule has 0 aliphatic carbocycles. The van der Waals surface area contributed by atoms with Crippen LogP contribution in [0.4, 0.5) is 0 Å². The largest absolute Gasteiger partial charge is 0.475 e. The lowest BCUT2D eigenvalue weighted by Gasteiger charge is -2.12. The van der Waals surface area contributed by atoms with Crippen molar-refractivity contribution < 1.29 is 4.74 Å². The van der Waals surface area contributed by atoms with Crippen LogP contribution in [0.5, 0.6) is 5.88 Å². The zero-order chi connectivity index (χ0) is 14.4. The Bertz CT molecular complexity index is 573. The van der Waals surface area contributed by atoms with E-state index < -0.39 is 0 Å². The van der Waals surface area contributed by atoms with E-state index in [1.165, 1.54) is 5.56 Å².